The van der Waals surface area contributed by atoms with Crippen molar-refractivity contribution in [3.63, 3.8) is 0 Å². The van der Waals surface area contributed by atoms with E-state index in [0.29, 0.717) is 4.34 Å². The highest BCUT2D eigenvalue weighted by molar-refractivity contribution is 7.98. The molecule has 10 nitrogen and oxygen atoms in total. The molecule has 1 N–H and O–H groups in total. The third-order valence-corrected chi connectivity index (χ3v) is 9.28. The van der Waals surface area contributed by atoms with Crippen molar-refractivity contribution in [1.29, 1.82) is 5.26 Å². The van der Waals surface area contributed by atoms with Crippen molar-refractivity contribution in [2.45, 2.75) is 41.4 Å². The number of alkyl halides is 3. The number of thiophene rings is 1. The monoisotopic (exact) mass is 616 g/mol. The first-order valence-corrected chi connectivity index (χ1v) is 14.3. The van der Waals surface area contributed by atoms with Crippen LogP contribution in [0.1, 0.15) is 39.0 Å². The molecule has 17 heteroatoms. The molecule has 0 aliphatic carbocycles. The molecule has 204 valence electrons. The van der Waals surface area contributed by atoms with E-state index in [0.717, 1.165) is 37.6 Å². The number of likely N-dealkylation sites (tertiary alicyclic amines) is 2. The molecule has 2 aliphatic heterocycles. The molecule has 5 rings (SSSR count). The largest absolute Gasteiger partial charge is 0.410 e. The van der Waals surface area contributed by atoms with Gasteiger partial charge >= 0.3 is 12.2 Å². The van der Waals surface area contributed by atoms with Crippen molar-refractivity contribution in [1.82, 2.24) is 24.6 Å². The number of nitriles is 1. The molecule has 2 fully saturated rings. The molecule has 5 heterocycles. The van der Waals surface area contributed by atoms with Gasteiger partial charge in [0.15, 0.2) is 6.04 Å². The first kappa shape index (κ1) is 27.6. The highest BCUT2D eigenvalue weighted by Gasteiger charge is 2.65. The predicted molar refractivity (Wildman–Crippen MR) is 135 cm³/mol. The molecule has 3 aromatic heterocycles. The minimum atomic E-state index is -5.05. The molecule has 3 unspecified atom stereocenters. The zero-order valence-corrected chi connectivity index (χ0v) is 22.7. The lowest BCUT2D eigenvalue weighted by atomic mass is 9.83. The summed E-state index contributed by atoms with van der Waals surface area (Å²) in [5.41, 5.74) is 0.418. The molecular formula is C22H16ClF3N6O4S3. The van der Waals surface area contributed by atoms with Crippen LogP contribution in [-0.4, -0.2) is 78.9 Å². The third kappa shape index (κ3) is 5.05. The number of rotatable bonds is 5. The van der Waals surface area contributed by atoms with Gasteiger partial charge in [-0.1, -0.05) is 23.4 Å². The van der Waals surface area contributed by atoms with E-state index in [1.165, 1.54) is 22.2 Å². The number of halogens is 4. The summed E-state index contributed by atoms with van der Waals surface area (Å²) in [4.78, 5) is 44.9. The molecule has 0 spiro atoms. The number of thioether (sulfide) groups is 1. The molecule has 2 saturated heterocycles. The van der Waals surface area contributed by atoms with Crippen molar-refractivity contribution >= 4 is 63.9 Å². The lowest BCUT2D eigenvalue weighted by Crippen LogP contribution is -2.69. The Bertz CT molecular complexity index is 1480. The summed E-state index contributed by atoms with van der Waals surface area (Å²) < 4.78 is 44.1. The fraction of sp³-hybridized carbons (Fsp3) is 0.364. The van der Waals surface area contributed by atoms with Gasteiger partial charge in [-0.2, -0.15) is 28.2 Å². The van der Waals surface area contributed by atoms with Crippen LogP contribution < -0.4 is 0 Å². The number of carbonyl (C=O) groups is 3. The normalized spacial score (nSPS) is 21.2. The van der Waals surface area contributed by atoms with Gasteiger partial charge < -0.3 is 10.0 Å². The summed E-state index contributed by atoms with van der Waals surface area (Å²) >= 11 is 9.31. The Morgan fingerprint density at radius 3 is 2.67 bits per heavy atom. The van der Waals surface area contributed by atoms with Crippen LogP contribution in [0.3, 0.4) is 0 Å². The van der Waals surface area contributed by atoms with Crippen molar-refractivity contribution in [2.75, 3.05) is 13.1 Å². The number of hydrogen-bond acceptors (Lipinski definition) is 10. The number of amides is 3. The van der Waals surface area contributed by atoms with E-state index in [1.807, 2.05) is 6.07 Å². The second-order valence-electron chi connectivity index (χ2n) is 8.61. The van der Waals surface area contributed by atoms with Crippen molar-refractivity contribution in [3.05, 3.63) is 49.2 Å². The van der Waals surface area contributed by atoms with Gasteiger partial charge in [0.1, 0.15) is 28.3 Å². The molecule has 3 atom stereocenters. The number of β-lactam (4-membered cyclic amide) rings is 1. The van der Waals surface area contributed by atoms with Crippen LogP contribution in [0.4, 0.5) is 18.0 Å². The van der Waals surface area contributed by atoms with Gasteiger partial charge in [-0.25, -0.2) is 14.7 Å². The minimum absolute atomic E-state index is 0.00718. The predicted octanol–water partition coefficient (Wildman–Crippen LogP) is 3.95. The lowest BCUT2D eigenvalue weighted by Gasteiger charge is -2.46. The second kappa shape index (κ2) is 10.5. The number of aromatic nitrogens is 3. The summed E-state index contributed by atoms with van der Waals surface area (Å²) in [6.45, 7) is -0.210. The number of carbonyl (C=O) groups excluding carboxylic acids is 3. The summed E-state index contributed by atoms with van der Waals surface area (Å²) in [5.74, 6) is -3.80. The van der Waals surface area contributed by atoms with Crippen LogP contribution in [0.2, 0.25) is 4.34 Å². The first-order valence-electron chi connectivity index (χ1n) is 11.2. The van der Waals surface area contributed by atoms with Crippen LogP contribution in [0.5, 0.6) is 0 Å². The van der Waals surface area contributed by atoms with Crippen LogP contribution in [0.25, 0.3) is 0 Å². The van der Waals surface area contributed by atoms with Gasteiger partial charge in [0, 0.05) is 29.1 Å². The van der Waals surface area contributed by atoms with Crippen LogP contribution in [0.15, 0.2) is 28.0 Å². The molecule has 2 aliphatic rings. The average Bonchev–Trinajstić information content (AvgIpc) is 3.67. The number of aliphatic hydroxyl groups is 1. The number of imide groups is 1. The standard InChI is InChI=1S/C22H16ClF3N6O4S3/c23-14-2-1-11(39-14)7-38-20-12(5-27)16(29-32(20)18(34)13-8-37-9-28-13)15-17(22(24,25)26)31(19(15)35)21(36)30-4-3-10(33)6-30/h1-2,8-10,15,17,33H,3-4,6-7H2. The Morgan fingerprint density at radius 1 is 1.33 bits per heavy atom. The van der Waals surface area contributed by atoms with Gasteiger partial charge in [0.05, 0.1) is 21.6 Å². The summed E-state index contributed by atoms with van der Waals surface area (Å²) in [5, 5.41) is 25.1. The van der Waals surface area contributed by atoms with Crippen molar-refractivity contribution < 1.29 is 32.7 Å². The molecule has 0 radical (unpaired) electrons. The van der Waals surface area contributed by atoms with Gasteiger partial charge in [0.25, 0.3) is 5.91 Å². The minimum Gasteiger partial charge on any atom is -0.391 e. The van der Waals surface area contributed by atoms with Crippen molar-refractivity contribution in [2.24, 2.45) is 0 Å². The van der Waals surface area contributed by atoms with Crippen LogP contribution in [-0.2, 0) is 10.5 Å². The molecule has 0 saturated carbocycles. The highest BCUT2D eigenvalue weighted by Crippen LogP contribution is 2.47. The maximum absolute atomic E-state index is 14.3. The quantitative estimate of drug-likeness (QED) is 0.337. The molecular weight excluding hydrogens is 601 g/mol. The molecule has 3 amide bonds. The van der Waals surface area contributed by atoms with Crippen LogP contribution >= 0.6 is 46.0 Å². The number of aliphatic hydroxyl groups excluding tert-OH is 1. The van der Waals surface area contributed by atoms with E-state index in [-0.39, 0.29) is 46.4 Å². The Hall–Kier alpha value is -2.97. The summed E-state index contributed by atoms with van der Waals surface area (Å²) in [7, 11) is 0. The number of nitrogens with zero attached hydrogens (tertiary/aromatic N) is 6. The lowest BCUT2D eigenvalue weighted by molar-refractivity contribution is -0.212. The third-order valence-electron chi connectivity index (χ3n) is 6.17. The first-order chi connectivity index (χ1) is 18.5. The van der Waals surface area contributed by atoms with Crippen LogP contribution in [0, 0.1) is 11.3 Å². The molecule has 39 heavy (non-hydrogen) atoms. The van der Waals surface area contributed by atoms with E-state index in [4.69, 9.17) is 11.6 Å². The molecule has 3 aromatic rings. The SMILES string of the molecule is N#Cc1c(C2C(=O)N(C(=O)N3CCC(O)C3)C2C(F)(F)F)nn(C(=O)c2cscn2)c1SCc1ccc(Cl)s1. The van der Waals surface area contributed by atoms with E-state index in [2.05, 4.69) is 10.1 Å². The number of hydrogen-bond donors (Lipinski definition) is 1. The van der Waals surface area contributed by atoms with E-state index in [1.54, 1.807) is 12.1 Å². The van der Waals surface area contributed by atoms with Gasteiger partial charge in [-0.15, -0.1) is 22.7 Å². The van der Waals surface area contributed by atoms with Gasteiger partial charge in [-0.05, 0) is 18.6 Å². The zero-order chi connectivity index (χ0) is 28.1. The van der Waals surface area contributed by atoms with Gasteiger partial charge in [-0.3, -0.25) is 9.59 Å². The summed E-state index contributed by atoms with van der Waals surface area (Å²) in [6, 6.07) is 1.40. The fourth-order valence-corrected chi connectivity index (χ4v) is 7.12. The van der Waals surface area contributed by atoms with E-state index in [9.17, 15) is 37.9 Å². The van der Waals surface area contributed by atoms with Gasteiger partial charge in [0.2, 0.25) is 5.91 Å². The maximum atomic E-state index is 14.3. The smallest absolute Gasteiger partial charge is 0.391 e. The summed E-state index contributed by atoms with van der Waals surface area (Å²) in [6.07, 6.45) is -5.78. The topological polar surface area (TPSA) is 132 Å². The molecule has 0 aromatic carbocycles. The highest BCUT2D eigenvalue weighted by atomic mass is 35.5. The Balaban J connectivity index is 1.55. The fourth-order valence-electron chi connectivity index (χ4n) is 4.38. The van der Waals surface area contributed by atoms with Crippen molar-refractivity contribution in [3.8, 4) is 6.07 Å². The Labute approximate surface area is 235 Å². The second-order valence-corrected chi connectivity index (χ2v) is 12.1. The average molecular weight is 617 g/mol. The number of β-amino-alcohol motifs (C(OH)–C–C–N with tert-alkyl or cyclic N) is 1. The number of thiazole rings is 1. The van der Waals surface area contributed by atoms with E-state index >= 15 is 0 Å². The Morgan fingerprint density at radius 2 is 2.10 bits per heavy atom. The number of urea groups is 1. The zero-order valence-electron chi connectivity index (χ0n) is 19.5. The Kier molecular flexibility index (Phi) is 7.46. The molecule has 0 bridgehead atoms. The maximum Gasteiger partial charge on any atom is 0.410 e. The van der Waals surface area contributed by atoms with E-state index < -0.39 is 47.8 Å².